The van der Waals surface area contributed by atoms with Crippen LogP contribution in [-0.2, 0) is 16.1 Å². The Balaban J connectivity index is 1.55. The molecule has 0 aliphatic heterocycles. The minimum Gasteiger partial charge on any atom is -0.508 e. The standard InChI is InChI=1S/C19H25N5O4/c1-28-17-6-5-14(18(26)21-7-8-24-12-20-11-22-24)10-16(17)23-19(27)13-3-2-4-15(25)9-13/h2-4,9,11-12,14,16-17,25H,5-8,10H2,1H3,(H,21,26)(H,23,27)/t14-,16+,17+/m0/s1. The van der Waals surface area contributed by atoms with Gasteiger partial charge in [-0.1, -0.05) is 6.07 Å². The van der Waals surface area contributed by atoms with Crippen molar-refractivity contribution in [3.8, 4) is 5.75 Å². The number of ether oxygens (including phenoxy) is 1. The van der Waals surface area contributed by atoms with Crippen molar-refractivity contribution in [1.29, 1.82) is 0 Å². The van der Waals surface area contributed by atoms with Crippen LogP contribution in [0.2, 0.25) is 0 Å². The zero-order valence-corrected chi connectivity index (χ0v) is 15.7. The molecule has 1 fully saturated rings. The van der Waals surface area contributed by atoms with Gasteiger partial charge in [-0.15, -0.1) is 0 Å². The van der Waals surface area contributed by atoms with Gasteiger partial charge in [-0.2, -0.15) is 5.10 Å². The number of amides is 2. The Labute approximate surface area is 163 Å². The van der Waals surface area contributed by atoms with Crippen molar-refractivity contribution in [1.82, 2.24) is 25.4 Å². The van der Waals surface area contributed by atoms with Crippen molar-refractivity contribution in [3.05, 3.63) is 42.5 Å². The van der Waals surface area contributed by atoms with Crippen LogP contribution >= 0.6 is 0 Å². The second-order valence-corrected chi connectivity index (χ2v) is 6.86. The molecular formula is C19H25N5O4. The zero-order chi connectivity index (χ0) is 19.9. The van der Waals surface area contributed by atoms with Gasteiger partial charge in [-0.3, -0.25) is 14.3 Å². The molecule has 0 saturated heterocycles. The number of phenolic OH excluding ortho intramolecular Hbond substituents is 1. The van der Waals surface area contributed by atoms with Gasteiger partial charge < -0.3 is 20.5 Å². The average molecular weight is 387 g/mol. The molecule has 9 heteroatoms. The largest absolute Gasteiger partial charge is 0.508 e. The normalized spacial score (nSPS) is 21.8. The first-order chi connectivity index (χ1) is 13.6. The zero-order valence-electron chi connectivity index (χ0n) is 15.7. The smallest absolute Gasteiger partial charge is 0.251 e. The second-order valence-electron chi connectivity index (χ2n) is 6.86. The van der Waals surface area contributed by atoms with Crippen molar-refractivity contribution in [2.24, 2.45) is 5.92 Å². The number of carbonyl (C=O) groups is 2. The Morgan fingerprint density at radius 3 is 2.93 bits per heavy atom. The van der Waals surface area contributed by atoms with Crippen LogP contribution < -0.4 is 10.6 Å². The summed E-state index contributed by atoms with van der Waals surface area (Å²) in [4.78, 5) is 28.9. The molecule has 1 saturated carbocycles. The third-order valence-corrected chi connectivity index (χ3v) is 4.99. The summed E-state index contributed by atoms with van der Waals surface area (Å²) in [5.41, 5.74) is 0.370. The molecule has 3 rings (SSSR count). The molecule has 150 valence electrons. The van der Waals surface area contributed by atoms with Crippen molar-refractivity contribution in [2.45, 2.75) is 38.0 Å². The molecule has 0 radical (unpaired) electrons. The van der Waals surface area contributed by atoms with Crippen LogP contribution in [0.4, 0.5) is 0 Å². The summed E-state index contributed by atoms with van der Waals surface area (Å²) in [6.07, 6.45) is 4.78. The van der Waals surface area contributed by atoms with Crippen molar-refractivity contribution < 1.29 is 19.4 Å². The van der Waals surface area contributed by atoms with Crippen LogP contribution in [0, 0.1) is 5.92 Å². The summed E-state index contributed by atoms with van der Waals surface area (Å²) in [5, 5.41) is 19.4. The molecule has 1 aliphatic rings. The summed E-state index contributed by atoms with van der Waals surface area (Å²) in [5.74, 6) is -0.498. The number of aromatic hydroxyl groups is 1. The number of hydrogen-bond donors (Lipinski definition) is 3. The van der Waals surface area contributed by atoms with Crippen LogP contribution in [0.3, 0.4) is 0 Å². The molecule has 3 N–H and O–H groups in total. The maximum atomic E-state index is 12.5. The van der Waals surface area contributed by atoms with E-state index in [1.165, 1.54) is 18.5 Å². The minimum absolute atomic E-state index is 0.0317. The summed E-state index contributed by atoms with van der Waals surface area (Å²) in [6, 6.07) is 5.89. The summed E-state index contributed by atoms with van der Waals surface area (Å²) in [6.45, 7) is 1.02. The lowest BCUT2D eigenvalue weighted by Gasteiger charge is -2.35. The Kier molecular flexibility index (Phi) is 6.59. The van der Waals surface area contributed by atoms with Gasteiger partial charge in [0.05, 0.1) is 18.7 Å². The lowest BCUT2D eigenvalue weighted by molar-refractivity contribution is -0.127. The molecule has 0 spiro atoms. The van der Waals surface area contributed by atoms with E-state index in [1.54, 1.807) is 30.3 Å². The number of aromatic nitrogens is 3. The molecule has 1 heterocycles. The van der Waals surface area contributed by atoms with Crippen molar-refractivity contribution in [3.63, 3.8) is 0 Å². The van der Waals surface area contributed by atoms with E-state index in [9.17, 15) is 14.7 Å². The summed E-state index contributed by atoms with van der Waals surface area (Å²) < 4.78 is 7.16. The number of hydrogen-bond acceptors (Lipinski definition) is 6. The fourth-order valence-corrected chi connectivity index (χ4v) is 3.50. The maximum Gasteiger partial charge on any atom is 0.251 e. The molecule has 0 bridgehead atoms. The SMILES string of the molecule is CO[C@@H]1CC[C@H](C(=O)NCCn2cncn2)C[C@H]1NC(=O)c1cccc(O)c1. The molecule has 28 heavy (non-hydrogen) atoms. The quantitative estimate of drug-likeness (QED) is 0.644. The van der Waals surface area contributed by atoms with Crippen molar-refractivity contribution in [2.75, 3.05) is 13.7 Å². The van der Waals surface area contributed by atoms with Crippen LogP contribution in [0.25, 0.3) is 0 Å². The van der Waals surface area contributed by atoms with Gasteiger partial charge in [0.25, 0.3) is 5.91 Å². The topological polar surface area (TPSA) is 118 Å². The van der Waals surface area contributed by atoms with E-state index >= 15 is 0 Å². The highest BCUT2D eigenvalue weighted by Gasteiger charge is 2.35. The van der Waals surface area contributed by atoms with E-state index in [2.05, 4.69) is 20.7 Å². The third-order valence-electron chi connectivity index (χ3n) is 4.99. The van der Waals surface area contributed by atoms with Gasteiger partial charge in [0, 0.05) is 25.1 Å². The van der Waals surface area contributed by atoms with Crippen LogP contribution in [0.5, 0.6) is 5.75 Å². The van der Waals surface area contributed by atoms with Crippen LogP contribution in [-0.4, -0.2) is 57.5 Å². The minimum atomic E-state index is -0.296. The van der Waals surface area contributed by atoms with Gasteiger partial charge in [0.2, 0.25) is 5.91 Å². The molecule has 1 aromatic carbocycles. The maximum absolute atomic E-state index is 12.5. The Morgan fingerprint density at radius 2 is 2.21 bits per heavy atom. The lowest BCUT2D eigenvalue weighted by atomic mass is 9.83. The number of carbonyl (C=O) groups excluding carboxylic acids is 2. The fourth-order valence-electron chi connectivity index (χ4n) is 3.50. The Hall–Kier alpha value is -2.94. The molecule has 2 amide bonds. The van der Waals surface area contributed by atoms with Crippen LogP contribution in [0.1, 0.15) is 29.6 Å². The van der Waals surface area contributed by atoms with Crippen LogP contribution in [0.15, 0.2) is 36.9 Å². The first-order valence-corrected chi connectivity index (χ1v) is 9.29. The highest BCUT2D eigenvalue weighted by atomic mass is 16.5. The molecule has 2 aromatic rings. The number of benzene rings is 1. The van der Waals surface area contributed by atoms with Gasteiger partial charge in [0.1, 0.15) is 18.4 Å². The highest BCUT2D eigenvalue weighted by molar-refractivity contribution is 5.94. The number of nitrogens with zero attached hydrogens (tertiary/aromatic N) is 3. The number of phenols is 1. The van der Waals surface area contributed by atoms with E-state index in [1.807, 2.05) is 0 Å². The molecular weight excluding hydrogens is 362 g/mol. The molecule has 9 nitrogen and oxygen atoms in total. The first kappa shape index (κ1) is 19.8. The van der Waals surface area contributed by atoms with Crippen molar-refractivity contribution >= 4 is 11.8 Å². The number of methoxy groups -OCH3 is 1. The molecule has 3 atom stereocenters. The van der Waals surface area contributed by atoms with Gasteiger partial charge in [0.15, 0.2) is 0 Å². The molecule has 0 unspecified atom stereocenters. The first-order valence-electron chi connectivity index (χ1n) is 9.29. The average Bonchev–Trinajstić information content (AvgIpc) is 3.21. The Morgan fingerprint density at radius 1 is 1.36 bits per heavy atom. The van der Waals surface area contributed by atoms with E-state index < -0.39 is 0 Å². The lowest BCUT2D eigenvalue weighted by Crippen LogP contribution is -2.50. The predicted octanol–water partition coefficient (Wildman–Crippen LogP) is 0.714. The Bertz CT molecular complexity index is 795. The number of rotatable bonds is 7. The van der Waals surface area contributed by atoms with Gasteiger partial charge in [-0.25, -0.2) is 4.98 Å². The highest BCUT2D eigenvalue weighted by Crippen LogP contribution is 2.27. The van der Waals surface area contributed by atoms with E-state index in [4.69, 9.17) is 4.74 Å². The summed E-state index contributed by atoms with van der Waals surface area (Å²) >= 11 is 0. The number of nitrogens with one attached hydrogen (secondary N) is 2. The third kappa shape index (κ3) is 5.07. The second kappa shape index (κ2) is 9.32. The van der Waals surface area contributed by atoms with Gasteiger partial charge in [-0.05, 0) is 37.5 Å². The van der Waals surface area contributed by atoms with E-state index in [-0.39, 0.29) is 35.6 Å². The fraction of sp³-hybridized carbons (Fsp3) is 0.474. The molecule has 1 aromatic heterocycles. The summed E-state index contributed by atoms with van der Waals surface area (Å²) in [7, 11) is 1.61. The van der Waals surface area contributed by atoms with E-state index in [0.29, 0.717) is 37.9 Å². The monoisotopic (exact) mass is 387 g/mol. The van der Waals surface area contributed by atoms with E-state index in [0.717, 1.165) is 0 Å². The predicted molar refractivity (Wildman–Crippen MR) is 101 cm³/mol. The van der Waals surface area contributed by atoms with Gasteiger partial charge >= 0.3 is 0 Å². The molecule has 1 aliphatic carbocycles.